The molecular formula is C22H23Cl2N3O3. The smallest absolute Gasteiger partial charge is 0.251 e. The number of benzene rings is 2. The summed E-state index contributed by atoms with van der Waals surface area (Å²) >= 11 is 11.9. The summed E-state index contributed by atoms with van der Waals surface area (Å²) in [5, 5.41) is 6.45. The van der Waals surface area contributed by atoms with Crippen molar-refractivity contribution >= 4 is 46.6 Å². The van der Waals surface area contributed by atoms with E-state index in [4.69, 9.17) is 23.2 Å². The highest BCUT2D eigenvalue weighted by atomic mass is 35.5. The number of halogens is 2. The summed E-state index contributed by atoms with van der Waals surface area (Å²) in [7, 11) is 0. The van der Waals surface area contributed by atoms with Gasteiger partial charge in [0.15, 0.2) is 0 Å². The van der Waals surface area contributed by atoms with Crippen molar-refractivity contribution in [2.75, 3.05) is 18.4 Å². The first kappa shape index (κ1) is 22.1. The minimum atomic E-state index is -0.519. The maximum absolute atomic E-state index is 12.7. The molecule has 1 aliphatic rings. The normalized spacial score (nSPS) is 15.7. The molecule has 3 amide bonds. The Kier molecular flexibility index (Phi) is 7.71. The lowest BCUT2D eigenvalue weighted by molar-refractivity contribution is -0.136. The quantitative estimate of drug-likeness (QED) is 0.626. The molecule has 3 rings (SSSR count). The van der Waals surface area contributed by atoms with Gasteiger partial charge in [0.1, 0.15) is 6.04 Å². The van der Waals surface area contributed by atoms with E-state index in [9.17, 15) is 14.4 Å². The highest BCUT2D eigenvalue weighted by Gasteiger charge is 2.33. The molecule has 1 atom stereocenters. The van der Waals surface area contributed by atoms with Gasteiger partial charge in [-0.25, -0.2) is 0 Å². The molecule has 1 unspecified atom stereocenters. The fourth-order valence-electron chi connectivity index (χ4n) is 3.47. The summed E-state index contributed by atoms with van der Waals surface area (Å²) < 4.78 is 0. The molecule has 1 fully saturated rings. The average Bonchev–Trinajstić information content (AvgIpc) is 3.21. The topological polar surface area (TPSA) is 78.5 Å². The minimum Gasteiger partial charge on any atom is -0.352 e. The Labute approximate surface area is 185 Å². The molecule has 1 saturated heterocycles. The second-order valence-electron chi connectivity index (χ2n) is 7.12. The molecule has 0 saturated carbocycles. The molecule has 1 heterocycles. The van der Waals surface area contributed by atoms with E-state index in [1.807, 2.05) is 6.07 Å². The number of amides is 3. The fourth-order valence-corrected chi connectivity index (χ4v) is 3.99. The second-order valence-corrected chi connectivity index (χ2v) is 7.99. The summed E-state index contributed by atoms with van der Waals surface area (Å²) in [6, 6.07) is 13.2. The Morgan fingerprint density at radius 1 is 1.03 bits per heavy atom. The lowest BCUT2D eigenvalue weighted by Gasteiger charge is -2.24. The van der Waals surface area contributed by atoms with Gasteiger partial charge in [0.25, 0.3) is 5.91 Å². The van der Waals surface area contributed by atoms with Gasteiger partial charge < -0.3 is 15.5 Å². The van der Waals surface area contributed by atoms with Crippen LogP contribution in [0, 0.1) is 0 Å². The van der Waals surface area contributed by atoms with Crippen LogP contribution in [0.15, 0.2) is 48.5 Å². The molecular weight excluding hydrogens is 425 g/mol. The first-order chi connectivity index (χ1) is 14.4. The van der Waals surface area contributed by atoms with Gasteiger partial charge in [-0.1, -0.05) is 41.4 Å². The standard InChI is InChI=1S/C22H23Cl2N3O3/c23-16-12-17(24)14-18(13-16)26-22(30)19-8-5-11-27(19)20(28)9-4-10-25-21(29)15-6-2-1-3-7-15/h1-3,6-7,12-14,19H,4-5,8-11H2,(H,25,29)(H,26,30). The molecule has 0 radical (unpaired) electrons. The van der Waals surface area contributed by atoms with Crippen molar-refractivity contribution in [1.82, 2.24) is 10.2 Å². The number of carbonyl (C=O) groups is 3. The average molecular weight is 448 g/mol. The van der Waals surface area contributed by atoms with Crippen LogP contribution >= 0.6 is 23.2 Å². The molecule has 2 N–H and O–H groups in total. The van der Waals surface area contributed by atoms with Gasteiger partial charge in [0, 0.05) is 40.8 Å². The number of hydrogen-bond donors (Lipinski definition) is 2. The molecule has 158 valence electrons. The van der Waals surface area contributed by atoms with Crippen LogP contribution in [-0.4, -0.2) is 41.8 Å². The highest BCUT2D eigenvalue weighted by molar-refractivity contribution is 6.35. The lowest BCUT2D eigenvalue weighted by atomic mass is 10.1. The molecule has 1 aliphatic heterocycles. The first-order valence-electron chi connectivity index (χ1n) is 9.84. The van der Waals surface area contributed by atoms with E-state index in [1.165, 1.54) is 0 Å². The summed E-state index contributed by atoms with van der Waals surface area (Å²) in [5.41, 5.74) is 1.08. The van der Waals surface area contributed by atoms with E-state index in [1.54, 1.807) is 47.4 Å². The van der Waals surface area contributed by atoms with Crippen molar-refractivity contribution in [2.24, 2.45) is 0 Å². The van der Waals surface area contributed by atoms with Crippen molar-refractivity contribution in [3.63, 3.8) is 0 Å². The number of nitrogens with zero attached hydrogens (tertiary/aromatic N) is 1. The summed E-state index contributed by atoms with van der Waals surface area (Å²) in [5.74, 6) is -0.510. The zero-order valence-corrected chi connectivity index (χ0v) is 17.9. The van der Waals surface area contributed by atoms with Crippen LogP contribution in [0.25, 0.3) is 0 Å². The zero-order chi connectivity index (χ0) is 21.5. The van der Waals surface area contributed by atoms with Crippen molar-refractivity contribution in [1.29, 1.82) is 0 Å². The molecule has 0 spiro atoms. The van der Waals surface area contributed by atoms with E-state index >= 15 is 0 Å². The minimum absolute atomic E-state index is 0.0919. The first-order valence-corrected chi connectivity index (χ1v) is 10.6. The van der Waals surface area contributed by atoms with Crippen molar-refractivity contribution < 1.29 is 14.4 Å². The van der Waals surface area contributed by atoms with Crippen LogP contribution in [-0.2, 0) is 9.59 Å². The Morgan fingerprint density at radius 3 is 2.43 bits per heavy atom. The summed E-state index contributed by atoms with van der Waals surface area (Å²) in [6.45, 7) is 0.939. The number of rotatable bonds is 7. The number of anilines is 1. The van der Waals surface area contributed by atoms with Gasteiger partial charge in [-0.05, 0) is 49.6 Å². The Balaban J connectivity index is 1.47. The van der Waals surface area contributed by atoms with Crippen LogP contribution in [0.4, 0.5) is 5.69 Å². The van der Waals surface area contributed by atoms with Crippen LogP contribution in [0.2, 0.25) is 10.0 Å². The van der Waals surface area contributed by atoms with Crippen LogP contribution in [0.3, 0.4) is 0 Å². The van der Waals surface area contributed by atoms with Crippen LogP contribution in [0.5, 0.6) is 0 Å². The predicted molar refractivity (Wildman–Crippen MR) is 118 cm³/mol. The molecule has 2 aromatic carbocycles. The van der Waals surface area contributed by atoms with Gasteiger partial charge >= 0.3 is 0 Å². The van der Waals surface area contributed by atoms with Crippen LogP contribution < -0.4 is 10.6 Å². The van der Waals surface area contributed by atoms with Crippen LogP contribution in [0.1, 0.15) is 36.0 Å². The molecule has 8 heteroatoms. The van der Waals surface area contributed by atoms with E-state index < -0.39 is 6.04 Å². The third-order valence-corrected chi connectivity index (χ3v) is 5.33. The lowest BCUT2D eigenvalue weighted by Crippen LogP contribution is -2.43. The molecule has 0 aromatic heterocycles. The molecule has 0 aliphatic carbocycles. The second kappa shape index (κ2) is 10.5. The largest absolute Gasteiger partial charge is 0.352 e. The van der Waals surface area contributed by atoms with E-state index in [-0.39, 0.29) is 24.1 Å². The number of carbonyl (C=O) groups excluding carboxylic acids is 3. The Bertz CT molecular complexity index is 901. The maximum Gasteiger partial charge on any atom is 0.251 e. The predicted octanol–water partition coefficient (Wildman–Crippen LogP) is 4.13. The monoisotopic (exact) mass is 447 g/mol. The molecule has 30 heavy (non-hydrogen) atoms. The third kappa shape index (κ3) is 5.97. The number of nitrogens with one attached hydrogen (secondary N) is 2. The Morgan fingerprint density at radius 2 is 1.73 bits per heavy atom. The molecule has 2 aromatic rings. The van der Waals surface area contributed by atoms with E-state index in [2.05, 4.69) is 10.6 Å². The number of hydrogen-bond acceptors (Lipinski definition) is 3. The van der Waals surface area contributed by atoms with Crippen molar-refractivity contribution in [3.05, 3.63) is 64.1 Å². The highest BCUT2D eigenvalue weighted by Crippen LogP contribution is 2.25. The molecule has 6 nitrogen and oxygen atoms in total. The SMILES string of the molecule is O=C(NCCCC(=O)N1CCCC1C(=O)Nc1cc(Cl)cc(Cl)c1)c1ccccc1. The summed E-state index contributed by atoms with van der Waals surface area (Å²) in [4.78, 5) is 38.9. The molecule has 0 bridgehead atoms. The van der Waals surface area contributed by atoms with Gasteiger partial charge in [-0.15, -0.1) is 0 Å². The third-order valence-electron chi connectivity index (χ3n) is 4.89. The zero-order valence-electron chi connectivity index (χ0n) is 16.4. The van der Waals surface area contributed by atoms with Gasteiger partial charge in [-0.3, -0.25) is 14.4 Å². The van der Waals surface area contributed by atoms with E-state index in [0.717, 1.165) is 6.42 Å². The summed E-state index contributed by atoms with van der Waals surface area (Å²) in [6.07, 6.45) is 2.15. The van der Waals surface area contributed by atoms with Gasteiger partial charge in [0.05, 0.1) is 0 Å². The Hall–Kier alpha value is -2.57. The number of likely N-dealkylation sites (tertiary alicyclic amines) is 1. The van der Waals surface area contributed by atoms with E-state index in [0.29, 0.717) is 47.2 Å². The fraction of sp³-hybridized carbons (Fsp3) is 0.318. The van der Waals surface area contributed by atoms with Gasteiger partial charge in [-0.2, -0.15) is 0 Å². The van der Waals surface area contributed by atoms with Crippen molar-refractivity contribution in [2.45, 2.75) is 31.7 Å². The van der Waals surface area contributed by atoms with Crippen molar-refractivity contribution in [3.8, 4) is 0 Å². The maximum atomic E-state index is 12.7. The van der Waals surface area contributed by atoms with Gasteiger partial charge in [0.2, 0.25) is 11.8 Å².